The maximum atomic E-state index is 14.0. The minimum Gasteiger partial charge on any atom is -0.497 e. The van der Waals surface area contributed by atoms with Gasteiger partial charge in [0.2, 0.25) is 11.8 Å². The zero-order valence-electron chi connectivity index (χ0n) is 30.0. The van der Waals surface area contributed by atoms with Gasteiger partial charge in [-0.05, 0) is 76.6 Å². The van der Waals surface area contributed by atoms with Crippen LogP contribution >= 0.6 is 0 Å². The first kappa shape index (κ1) is 37.9. The zero-order chi connectivity index (χ0) is 36.5. The van der Waals surface area contributed by atoms with Crippen LogP contribution in [0.15, 0.2) is 67.1 Å². The van der Waals surface area contributed by atoms with E-state index in [2.05, 4.69) is 27.9 Å². The van der Waals surface area contributed by atoms with Crippen LogP contribution in [0.1, 0.15) is 71.6 Å². The number of imidazole rings is 1. The van der Waals surface area contributed by atoms with E-state index in [1.807, 2.05) is 47.4 Å². The van der Waals surface area contributed by atoms with Crippen molar-refractivity contribution in [3.05, 3.63) is 78.2 Å². The lowest BCUT2D eigenvalue weighted by atomic mass is 9.97. The molecule has 1 fully saturated rings. The molecule has 0 aliphatic carbocycles. The van der Waals surface area contributed by atoms with Gasteiger partial charge in [-0.3, -0.25) is 14.4 Å². The maximum absolute atomic E-state index is 14.0. The van der Waals surface area contributed by atoms with E-state index in [-0.39, 0.29) is 24.9 Å². The number of nitrogens with one attached hydrogen (secondary N) is 3. The van der Waals surface area contributed by atoms with Gasteiger partial charge in [-0.15, -0.1) is 0 Å². The van der Waals surface area contributed by atoms with Gasteiger partial charge in [-0.2, -0.15) is 0 Å². The molecule has 0 spiro atoms. The fourth-order valence-electron chi connectivity index (χ4n) is 5.39. The number of hydrogen-bond acceptors (Lipinski definition) is 8. The fraction of sp³-hybridized carbons (Fsp3) is 0.486. The lowest BCUT2D eigenvalue weighted by molar-refractivity contribution is -0.135. The lowest BCUT2D eigenvalue weighted by Crippen LogP contribution is -2.59. The summed E-state index contributed by atoms with van der Waals surface area (Å²) in [6.45, 7) is 11.7. The molecule has 3 N–H and O–H groups in total. The molecule has 1 aliphatic rings. The number of amides is 4. The van der Waals surface area contributed by atoms with Crippen LogP contribution in [-0.2, 0) is 30.5 Å². The summed E-state index contributed by atoms with van der Waals surface area (Å²) in [5, 5.41) is 8.04. The summed E-state index contributed by atoms with van der Waals surface area (Å²) < 4.78 is 18.2. The Morgan fingerprint density at radius 2 is 1.62 bits per heavy atom. The van der Waals surface area contributed by atoms with Crippen molar-refractivity contribution in [1.82, 2.24) is 25.1 Å². The Hall–Kier alpha value is -4.91. The summed E-state index contributed by atoms with van der Waals surface area (Å²) in [6.07, 6.45) is 4.17. The van der Waals surface area contributed by atoms with Gasteiger partial charge < -0.3 is 39.6 Å². The molecule has 0 bridgehead atoms. The third-order valence-electron chi connectivity index (χ3n) is 8.31. The summed E-state index contributed by atoms with van der Waals surface area (Å²) in [5.41, 5.74) is -0.568. The van der Waals surface area contributed by atoms with E-state index >= 15 is 0 Å². The minimum absolute atomic E-state index is 0.0727. The van der Waals surface area contributed by atoms with Crippen LogP contribution in [0.25, 0.3) is 0 Å². The van der Waals surface area contributed by atoms with E-state index in [9.17, 15) is 19.2 Å². The molecular weight excluding hydrogens is 640 g/mol. The van der Waals surface area contributed by atoms with Gasteiger partial charge in [0.25, 0.3) is 5.91 Å². The average Bonchev–Trinajstić information content (AvgIpc) is 3.51. The number of likely N-dealkylation sites (tertiary alicyclic amines) is 1. The van der Waals surface area contributed by atoms with Crippen molar-refractivity contribution >= 4 is 29.6 Å². The van der Waals surface area contributed by atoms with Crippen molar-refractivity contribution in [3.8, 4) is 5.75 Å². The van der Waals surface area contributed by atoms with Gasteiger partial charge >= 0.3 is 6.09 Å². The smallest absolute Gasteiger partial charge is 0.408 e. The third-order valence-corrected chi connectivity index (χ3v) is 8.31. The van der Waals surface area contributed by atoms with Gasteiger partial charge in [-0.25, -0.2) is 9.78 Å². The molecule has 270 valence electrons. The van der Waals surface area contributed by atoms with Gasteiger partial charge in [0.05, 0.1) is 26.7 Å². The number of aromatic nitrogens is 2. The van der Waals surface area contributed by atoms with Crippen LogP contribution in [0, 0.1) is 5.92 Å². The Balaban J connectivity index is 1.53. The molecule has 4 rings (SSSR count). The first-order chi connectivity index (χ1) is 23.6. The van der Waals surface area contributed by atoms with Crippen molar-refractivity contribution < 1.29 is 33.4 Å². The van der Waals surface area contributed by atoms with Crippen LogP contribution in [0.2, 0.25) is 0 Å². The quantitative estimate of drug-likeness (QED) is 0.234. The topological polar surface area (TPSA) is 153 Å². The molecule has 2 atom stereocenters. The molecule has 0 saturated carbocycles. The number of carbonyl (C=O) groups excluding carboxylic acids is 4. The van der Waals surface area contributed by atoms with E-state index in [0.717, 1.165) is 24.0 Å². The largest absolute Gasteiger partial charge is 0.497 e. The van der Waals surface area contributed by atoms with Crippen LogP contribution in [0.5, 0.6) is 5.75 Å². The SMILES string of the molecule is COc1ccc(C(C(=O)N2CCC(C)CC2)n2cnc(NC(=O)[C@@H](COCc3ccccc3)NC(=O)C(C)(C)NC(=O)OC(C)(C)C)c2)cc1. The summed E-state index contributed by atoms with van der Waals surface area (Å²) >= 11 is 0. The zero-order valence-corrected chi connectivity index (χ0v) is 30.0. The number of methoxy groups -OCH3 is 1. The number of rotatable bonds is 13. The van der Waals surface area contributed by atoms with Crippen LogP contribution in [0.4, 0.5) is 10.6 Å². The van der Waals surface area contributed by atoms with Gasteiger partial charge in [-0.1, -0.05) is 49.4 Å². The molecule has 0 radical (unpaired) electrons. The number of benzene rings is 2. The Labute approximate surface area is 294 Å². The monoisotopic (exact) mass is 690 g/mol. The maximum Gasteiger partial charge on any atom is 0.408 e. The highest BCUT2D eigenvalue weighted by molar-refractivity contribution is 5.98. The number of anilines is 1. The van der Waals surface area contributed by atoms with Crippen molar-refractivity contribution in [2.45, 2.75) is 84.2 Å². The molecule has 13 nitrogen and oxygen atoms in total. The van der Waals surface area contributed by atoms with Crippen molar-refractivity contribution in [2.75, 3.05) is 32.1 Å². The van der Waals surface area contributed by atoms with E-state index in [1.54, 1.807) is 50.8 Å². The molecule has 2 aromatic carbocycles. The van der Waals surface area contributed by atoms with E-state index in [4.69, 9.17) is 14.2 Å². The molecule has 3 aromatic rings. The standard InChI is InChI=1S/C37H50N6O7/c1-25-17-19-42(20-18-25)33(45)31(27-13-15-28(48-7)16-14-27)43-21-30(38-24-43)40-32(44)29(23-49-22-26-11-9-8-10-12-26)39-34(46)37(5,6)41-35(47)50-36(2,3)4/h8-16,21,24-25,29,31H,17-20,22-23H2,1-7H3,(H,39,46)(H,40,44)(H,41,47)/t29-,31?/m1/s1. The number of ether oxygens (including phenoxy) is 3. The van der Waals surface area contributed by atoms with Crippen LogP contribution in [0.3, 0.4) is 0 Å². The number of hydrogen-bond donors (Lipinski definition) is 3. The minimum atomic E-state index is -1.43. The lowest BCUT2D eigenvalue weighted by Gasteiger charge is -2.33. The van der Waals surface area contributed by atoms with E-state index in [1.165, 1.54) is 20.2 Å². The highest BCUT2D eigenvalue weighted by Gasteiger charge is 2.35. The highest BCUT2D eigenvalue weighted by Crippen LogP contribution is 2.27. The number of nitrogens with zero attached hydrogens (tertiary/aromatic N) is 3. The van der Waals surface area contributed by atoms with Crippen LogP contribution < -0.4 is 20.7 Å². The second-order valence-corrected chi connectivity index (χ2v) is 14.2. The summed E-state index contributed by atoms with van der Waals surface area (Å²) in [6, 6.07) is 14.8. The molecule has 1 aromatic heterocycles. The summed E-state index contributed by atoms with van der Waals surface area (Å²) in [4.78, 5) is 59.8. The van der Waals surface area contributed by atoms with E-state index in [0.29, 0.717) is 24.8 Å². The molecule has 1 saturated heterocycles. The molecule has 1 aliphatic heterocycles. The van der Waals surface area contributed by atoms with Gasteiger partial charge in [0.15, 0.2) is 5.82 Å². The Bertz CT molecular complexity index is 1590. The molecule has 1 unspecified atom stereocenters. The van der Waals surface area contributed by atoms with E-state index < -0.39 is 41.1 Å². The Kier molecular flexibility index (Phi) is 12.6. The molecule has 4 amide bonds. The molecule has 13 heteroatoms. The summed E-state index contributed by atoms with van der Waals surface area (Å²) in [7, 11) is 1.58. The predicted molar refractivity (Wildman–Crippen MR) is 188 cm³/mol. The molecule has 2 heterocycles. The van der Waals surface area contributed by atoms with Crippen molar-refractivity contribution in [2.24, 2.45) is 5.92 Å². The molecular formula is C37H50N6O7. The average molecular weight is 691 g/mol. The number of alkyl carbamates (subject to hydrolysis) is 1. The summed E-state index contributed by atoms with van der Waals surface area (Å²) in [5.74, 6) is 0.105. The normalized spacial score (nSPS) is 15.1. The Morgan fingerprint density at radius 1 is 0.960 bits per heavy atom. The van der Waals surface area contributed by atoms with Gasteiger partial charge in [0.1, 0.15) is 29.0 Å². The first-order valence-corrected chi connectivity index (χ1v) is 16.9. The molecule has 50 heavy (non-hydrogen) atoms. The van der Waals surface area contributed by atoms with Crippen molar-refractivity contribution in [1.29, 1.82) is 0 Å². The number of carbonyl (C=O) groups is 4. The highest BCUT2D eigenvalue weighted by atomic mass is 16.6. The first-order valence-electron chi connectivity index (χ1n) is 16.9. The fourth-order valence-corrected chi connectivity index (χ4v) is 5.39. The van der Waals surface area contributed by atoms with Gasteiger partial charge in [0, 0.05) is 19.3 Å². The predicted octanol–water partition coefficient (Wildman–Crippen LogP) is 4.68. The number of piperidine rings is 1. The van der Waals surface area contributed by atoms with Crippen molar-refractivity contribution in [3.63, 3.8) is 0 Å². The second kappa shape index (κ2) is 16.7. The third kappa shape index (κ3) is 10.8. The Morgan fingerprint density at radius 3 is 2.24 bits per heavy atom. The van der Waals surface area contributed by atoms with Crippen LogP contribution in [-0.4, -0.2) is 82.3 Å². The second-order valence-electron chi connectivity index (χ2n) is 14.2.